The lowest BCUT2D eigenvalue weighted by Crippen LogP contribution is -2.36. The van der Waals surface area contributed by atoms with Crippen molar-refractivity contribution < 1.29 is 14.4 Å². The maximum atomic E-state index is 12.4. The highest BCUT2D eigenvalue weighted by Gasteiger charge is 2.18. The molecule has 0 radical (unpaired) electrons. The van der Waals surface area contributed by atoms with E-state index in [1.807, 2.05) is 24.3 Å². The molecule has 2 aromatic carbocycles. The lowest BCUT2D eigenvalue weighted by atomic mass is 9.87. The molecule has 0 aliphatic carbocycles. The number of nitrogens with zero attached hydrogens (tertiary/aromatic N) is 1. The van der Waals surface area contributed by atoms with Gasteiger partial charge in [-0.05, 0) is 54.3 Å². The summed E-state index contributed by atoms with van der Waals surface area (Å²) in [5.74, 6) is -0.546. The molecule has 5 heteroatoms. The van der Waals surface area contributed by atoms with Gasteiger partial charge in [0.2, 0.25) is 11.8 Å². The van der Waals surface area contributed by atoms with Gasteiger partial charge >= 0.3 is 0 Å². The van der Waals surface area contributed by atoms with E-state index in [0.717, 1.165) is 5.56 Å². The number of nitrogens with one attached hydrogen (secondary N) is 1. The molecule has 2 rings (SSSR count). The van der Waals surface area contributed by atoms with E-state index in [4.69, 9.17) is 0 Å². The van der Waals surface area contributed by atoms with Gasteiger partial charge in [0.25, 0.3) is 0 Å². The third-order valence-electron chi connectivity index (χ3n) is 4.30. The van der Waals surface area contributed by atoms with E-state index in [1.165, 1.54) is 18.7 Å². The molecule has 0 aliphatic rings. The smallest absolute Gasteiger partial charge is 0.244 e. The van der Waals surface area contributed by atoms with E-state index >= 15 is 0 Å². The molecule has 0 aliphatic heterocycles. The number of amides is 2. The second-order valence-corrected chi connectivity index (χ2v) is 7.58. The second-order valence-electron chi connectivity index (χ2n) is 7.58. The number of Topliss-reactive ketones (excluding diaryl/α,β-unsaturated/α-hetero) is 1. The maximum absolute atomic E-state index is 12.4. The lowest BCUT2D eigenvalue weighted by Gasteiger charge is -2.23. The van der Waals surface area contributed by atoms with Crippen molar-refractivity contribution in [3.05, 3.63) is 59.7 Å². The van der Waals surface area contributed by atoms with Gasteiger partial charge in [-0.25, -0.2) is 0 Å². The fourth-order valence-electron chi connectivity index (χ4n) is 2.66. The van der Waals surface area contributed by atoms with E-state index in [1.54, 1.807) is 24.3 Å². The first-order valence-corrected chi connectivity index (χ1v) is 8.87. The van der Waals surface area contributed by atoms with Crippen molar-refractivity contribution in [3.63, 3.8) is 0 Å². The van der Waals surface area contributed by atoms with Crippen LogP contribution in [0.15, 0.2) is 48.5 Å². The largest absolute Gasteiger partial charge is 0.325 e. The van der Waals surface area contributed by atoms with Crippen LogP contribution in [0.4, 0.5) is 11.4 Å². The predicted octanol–water partition coefficient (Wildman–Crippen LogP) is 4.18. The molecule has 2 aromatic rings. The van der Waals surface area contributed by atoms with Gasteiger partial charge < -0.3 is 10.2 Å². The van der Waals surface area contributed by atoms with Crippen molar-refractivity contribution in [1.82, 2.24) is 0 Å². The number of carbonyl (C=O) groups is 3. The second kappa shape index (κ2) is 8.16. The zero-order valence-corrected chi connectivity index (χ0v) is 16.5. The third-order valence-corrected chi connectivity index (χ3v) is 4.30. The summed E-state index contributed by atoms with van der Waals surface area (Å²) in [4.78, 5) is 37.2. The van der Waals surface area contributed by atoms with Crippen LogP contribution in [-0.4, -0.2) is 24.1 Å². The Labute approximate surface area is 160 Å². The number of hydrogen-bond donors (Lipinski definition) is 1. The molecule has 0 heterocycles. The van der Waals surface area contributed by atoms with E-state index < -0.39 is 0 Å². The average molecular weight is 366 g/mol. The van der Waals surface area contributed by atoms with Crippen LogP contribution >= 0.6 is 0 Å². The Morgan fingerprint density at radius 1 is 0.889 bits per heavy atom. The van der Waals surface area contributed by atoms with Crippen LogP contribution in [-0.2, 0) is 15.0 Å². The van der Waals surface area contributed by atoms with E-state index in [2.05, 4.69) is 26.1 Å². The number of benzene rings is 2. The zero-order chi connectivity index (χ0) is 20.2. The van der Waals surface area contributed by atoms with Crippen LogP contribution in [0.2, 0.25) is 0 Å². The number of ketones is 1. The van der Waals surface area contributed by atoms with Gasteiger partial charge in [0, 0.05) is 23.9 Å². The molecular formula is C22H26N2O3. The highest BCUT2D eigenvalue weighted by Crippen LogP contribution is 2.25. The Morgan fingerprint density at radius 2 is 1.44 bits per heavy atom. The lowest BCUT2D eigenvalue weighted by molar-refractivity contribution is -0.120. The molecule has 0 saturated carbocycles. The SMILES string of the molecule is CC(=O)c1ccc(NC(=O)CN(C(C)=O)c2ccc(C(C)(C)C)cc2)cc1. The molecule has 0 aromatic heterocycles. The molecule has 0 spiro atoms. The zero-order valence-electron chi connectivity index (χ0n) is 16.5. The maximum Gasteiger partial charge on any atom is 0.244 e. The van der Waals surface area contributed by atoms with Crippen LogP contribution < -0.4 is 10.2 Å². The van der Waals surface area contributed by atoms with Crippen LogP contribution in [0, 0.1) is 0 Å². The minimum Gasteiger partial charge on any atom is -0.325 e. The minimum absolute atomic E-state index is 0.0169. The van der Waals surface area contributed by atoms with Crippen molar-refractivity contribution in [2.24, 2.45) is 0 Å². The van der Waals surface area contributed by atoms with Crippen LogP contribution in [0.3, 0.4) is 0 Å². The Bertz CT molecular complexity index is 831. The monoisotopic (exact) mass is 366 g/mol. The Balaban J connectivity index is 2.10. The van der Waals surface area contributed by atoms with Gasteiger partial charge in [0.1, 0.15) is 6.54 Å². The predicted molar refractivity (Wildman–Crippen MR) is 108 cm³/mol. The molecular weight excluding hydrogens is 340 g/mol. The van der Waals surface area contributed by atoms with E-state index in [-0.39, 0.29) is 29.6 Å². The van der Waals surface area contributed by atoms with Crippen molar-refractivity contribution in [2.75, 3.05) is 16.8 Å². The summed E-state index contributed by atoms with van der Waals surface area (Å²) in [6.07, 6.45) is 0. The molecule has 5 nitrogen and oxygen atoms in total. The molecule has 0 unspecified atom stereocenters. The Hall–Kier alpha value is -2.95. The molecule has 142 valence electrons. The molecule has 2 amide bonds. The molecule has 1 N–H and O–H groups in total. The van der Waals surface area contributed by atoms with Gasteiger partial charge in [-0.15, -0.1) is 0 Å². The summed E-state index contributed by atoms with van der Waals surface area (Å²) in [6, 6.07) is 14.3. The normalized spacial score (nSPS) is 11.0. The molecule has 0 fully saturated rings. The fraction of sp³-hybridized carbons (Fsp3) is 0.318. The van der Waals surface area contributed by atoms with Crippen molar-refractivity contribution >= 4 is 29.0 Å². The van der Waals surface area contributed by atoms with Crippen molar-refractivity contribution in [3.8, 4) is 0 Å². The summed E-state index contributed by atoms with van der Waals surface area (Å²) in [5.41, 5.74) is 3.01. The summed E-state index contributed by atoms with van der Waals surface area (Å²) in [6.45, 7) is 9.20. The quantitative estimate of drug-likeness (QED) is 0.807. The van der Waals surface area contributed by atoms with Gasteiger partial charge in [-0.1, -0.05) is 32.9 Å². The summed E-state index contributed by atoms with van der Waals surface area (Å²) < 4.78 is 0. The molecule has 0 saturated heterocycles. The number of anilines is 2. The highest BCUT2D eigenvalue weighted by atomic mass is 16.2. The first kappa shape index (κ1) is 20.4. The van der Waals surface area contributed by atoms with Gasteiger partial charge in [0.15, 0.2) is 5.78 Å². The first-order chi connectivity index (χ1) is 12.6. The molecule has 0 bridgehead atoms. The molecule has 27 heavy (non-hydrogen) atoms. The number of rotatable bonds is 5. The van der Waals surface area contributed by atoms with Crippen LogP contribution in [0.5, 0.6) is 0 Å². The number of carbonyl (C=O) groups excluding carboxylic acids is 3. The highest BCUT2D eigenvalue weighted by molar-refractivity contribution is 6.02. The van der Waals surface area contributed by atoms with Crippen LogP contribution in [0.1, 0.15) is 50.5 Å². The van der Waals surface area contributed by atoms with Gasteiger partial charge in [-0.2, -0.15) is 0 Å². The summed E-state index contributed by atoms with van der Waals surface area (Å²) in [5, 5.41) is 2.75. The van der Waals surface area contributed by atoms with Crippen molar-refractivity contribution in [1.29, 1.82) is 0 Å². The summed E-state index contributed by atoms with van der Waals surface area (Å²) in [7, 11) is 0. The Morgan fingerprint density at radius 3 is 1.89 bits per heavy atom. The molecule has 0 atom stereocenters. The topological polar surface area (TPSA) is 66.5 Å². The van der Waals surface area contributed by atoms with E-state index in [0.29, 0.717) is 16.9 Å². The third kappa shape index (κ3) is 5.51. The first-order valence-electron chi connectivity index (χ1n) is 8.87. The Kier molecular flexibility index (Phi) is 6.16. The van der Waals surface area contributed by atoms with Crippen molar-refractivity contribution in [2.45, 2.75) is 40.0 Å². The summed E-state index contributed by atoms with van der Waals surface area (Å²) >= 11 is 0. The fourth-order valence-corrected chi connectivity index (χ4v) is 2.66. The number of hydrogen-bond acceptors (Lipinski definition) is 3. The van der Waals surface area contributed by atoms with E-state index in [9.17, 15) is 14.4 Å². The van der Waals surface area contributed by atoms with Gasteiger partial charge in [0.05, 0.1) is 0 Å². The average Bonchev–Trinajstić information content (AvgIpc) is 2.59. The standard InChI is InChI=1S/C22H26N2O3/c1-15(25)17-6-10-19(11-7-17)23-21(27)14-24(16(2)26)20-12-8-18(9-13-20)22(3,4)5/h6-13H,14H2,1-5H3,(H,23,27). The minimum atomic E-state index is -0.305. The van der Waals surface area contributed by atoms with Crippen LogP contribution in [0.25, 0.3) is 0 Å². The van der Waals surface area contributed by atoms with Gasteiger partial charge in [-0.3, -0.25) is 14.4 Å².